The maximum Gasteiger partial charge on any atom is 0.339 e. The number of pyridine rings is 1. The van der Waals surface area contributed by atoms with Crippen LogP contribution in [0.4, 0.5) is 5.69 Å². The monoisotopic (exact) mass is 528 g/mol. The summed E-state index contributed by atoms with van der Waals surface area (Å²) in [5, 5.41) is 3.39. The molecule has 1 heterocycles. The average Bonchev–Trinajstić information content (AvgIpc) is 2.98. The highest BCUT2D eigenvalue weighted by Crippen LogP contribution is 2.41. The number of carbonyl (C=O) groups excluding carboxylic acids is 2. The van der Waals surface area contributed by atoms with Gasteiger partial charge in [0.05, 0.1) is 38.1 Å². The number of ether oxygens (including phenoxy) is 4. The van der Waals surface area contributed by atoms with Crippen molar-refractivity contribution in [3.8, 4) is 28.5 Å². The van der Waals surface area contributed by atoms with Gasteiger partial charge in [-0.3, -0.25) is 4.79 Å². The molecule has 0 spiro atoms. The van der Waals surface area contributed by atoms with Crippen molar-refractivity contribution in [2.75, 3.05) is 33.3 Å². The summed E-state index contributed by atoms with van der Waals surface area (Å²) in [6.45, 7) is 3.86. The van der Waals surface area contributed by atoms with Gasteiger partial charge in [-0.25, -0.2) is 9.78 Å². The van der Waals surface area contributed by atoms with E-state index in [4.69, 9.17) is 23.9 Å². The lowest BCUT2D eigenvalue weighted by atomic mass is 9.99. The van der Waals surface area contributed by atoms with E-state index in [1.807, 2.05) is 42.5 Å². The largest absolute Gasteiger partial charge is 0.493 e. The van der Waals surface area contributed by atoms with Crippen LogP contribution in [0.3, 0.4) is 0 Å². The fraction of sp³-hybridized carbons (Fsp3) is 0.258. The number of aromatic nitrogens is 1. The van der Waals surface area contributed by atoms with E-state index in [0.717, 1.165) is 6.42 Å². The molecule has 0 fully saturated rings. The zero-order chi connectivity index (χ0) is 27.9. The van der Waals surface area contributed by atoms with Crippen molar-refractivity contribution in [2.45, 2.75) is 26.2 Å². The van der Waals surface area contributed by atoms with Gasteiger partial charge in [0, 0.05) is 16.6 Å². The number of para-hydroxylation sites is 1. The Hall–Kier alpha value is -4.59. The first kappa shape index (κ1) is 27.4. The SMILES string of the molecule is CC[C@H](C)c1ccc(NC(=O)COC(=O)c2cc(-c3cc(OC)c(OC)c(OC)c3)nc3ccccc23)cc1. The molecular weight excluding hydrogens is 496 g/mol. The number of methoxy groups -OCH3 is 3. The van der Waals surface area contributed by atoms with Crippen molar-refractivity contribution >= 4 is 28.5 Å². The maximum atomic E-state index is 13.2. The summed E-state index contributed by atoms with van der Waals surface area (Å²) in [4.78, 5) is 30.5. The number of benzene rings is 3. The topological polar surface area (TPSA) is 96.0 Å². The number of rotatable bonds is 10. The van der Waals surface area contributed by atoms with Gasteiger partial charge < -0.3 is 24.3 Å². The Morgan fingerprint density at radius 1 is 0.897 bits per heavy atom. The van der Waals surface area contributed by atoms with Crippen LogP contribution < -0.4 is 19.5 Å². The normalized spacial score (nSPS) is 11.5. The summed E-state index contributed by atoms with van der Waals surface area (Å²) >= 11 is 0. The lowest BCUT2D eigenvalue weighted by molar-refractivity contribution is -0.119. The Balaban J connectivity index is 1.57. The molecule has 0 unspecified atom stereocenters. The highest BCUT2D eigenvalue weighted by atomic mass is 16.5. The molecule has 0 radical (unpaired) electrons. The molecular formula is C31H32N2O6. The van der Waals surface area contributed by atoms with Crippen LogP contribution in [0, 0.1) is 0 Å². The molecule has 4 rings (SSSR count). The number of esters is 1. The zero-order valence-corrected chi connectivity index (χ0v) is 22.7. The molecule has 0 saturated heterocycles. The van der Waals surface area contributed by atoms with E-state index in [1.54, 1.807) is 24.3 Å². The van der Waals surface area contributed by atoms with Crippen LogP contribution in [0.2, 0.25) is 0 Å². The lowest BCUT2D eigenvalue weighted by Gasteiger charge is -2.15. The maximum absolute atomic E-state index is 13.2. The van der Waals surface area contributed by atoms with Crippen LogP contribution in [0.25, 0.3) is 22.2 Å². The average molecular weight is 529 g/mol. The third kappa shape index (κ3) is 6.12. The van der Waals surface area contributed by atoms with Crippen molar-refractivity contribution in [1.29, 1.82) is 0 Å². The molecule has 202 valence electrons. The van der Waals surface area contributed by atoms with Gasteiger partial charge in [0.1, 0.15) is 0 Å². The lowest BCUT2D eigenvalue weighted by Crippen LogP contribution is -2.21. The zero-order valence-electron chi connectivity index (χ0n) is 22.7. The predicted molar refractivity (Wildman–Crippen MR) is 151 cm³/mol. The summed E-state index contributed by atoms with van der Waals surface area (Å²) < 4.78 is 21.8. The van der Waals surface area contributed by atoms with Gasteiger partial charge in [-0.2, -0.15) is 0 Å². The van der Waals surface area contributed by atoms with Gasteiger partial charge in [0.15, 0.2) is 18.1 Å². The minimum atomic E-state index is -0.635. The molecule has 1 atom stereocenters. The van der Waals surface area contributed by atoms with E-state index in [2.05, 4.69) is 19.2 Å². The number of hydrogen-bond donors (Lipinski definition) is 1. The van der Waals surface area contributed by atoms with Crippen LogP contribution in [-0.2, 0) is 9.53 Å². The Morgan fingerprint density at radius 2 is 1.56 bits per heavy atom. The van der Waals surface area contributed by atoms with E-state index in [0.29, 0.717) is 51.0 Å². The molecule has 0 bridgehead atoms. The first-order valence-corrected chi connectivity index (χ1v) is 12.7. The minimum Gasteiger partial charge on any atom is -0.493 e. The number of carbonyl (C=O) groups is 2. The van der Waals surface area contributed by atoms with E-state index in [1.165, 1.54) is 26.9 Å². The second kappa shape index (κ2) is 12.3. The van der Waals surface area contributed by atoms with Crippen LogP contribution in [0.5, 0.6) is 17.2 Å². The molecule has 1 N–H and O–H groups in total. The van der Waals surface area contributed by atoms with Gasteiger partial charge in [-0.15, -0.1) is 0 Å². The number of nitrogens with one attached hydrogen (secondary N) is 1. The van der Waals surface area contributed by atoms with E-state index < -0.39 is 18.5 Å². The standard InChI is InChI=1S/C31H32N2O6/c1-6-19(2)20-11-13-22(14-12-20)32-29(34)18-39-31(35)24-17-26(33-25-10-8-7-9-23(24)25)21-15-27(36-3)30(38-5)28(16-21)37-4/h7-17,19H,6,18H2,1-5H3,(H,32,34)/t19-/m0/s1. The number of anilines is 1. The number of amides is 1. The van der Waals surface area contributed by atoms with Gasteiger partial charge in [0.25, 0.3) is 5.91 Å². The molecule has 0 saturated carbocycles. The summed E-state index contributed by atoms with van der Waals surface area (Å²) in [6.07, 6.45) is 1.03. The minimum absolute atomic E-state index is 0.287. The van der Waals surface area contributed by atoms with Gasteiger partial charge >= 0.3 is 5.97 Å². The molecule has 3 aromatic carbocycles. The first-order valence-electron chi connectivity index (χ1n) is 12.7. The smallest absolute Gasteiger partial charge is 0.339 e. The van der Waals surface area contributed by atoms with Crippen LogP contribution in [-0.4, -0.2) is 44.8 Å². The summed E-state index contributed by atoms with van der Waals surface area (Å²) in [5.74, 6) is 0.743. The van der Waals surface area contributed by atoms with Crippen molar-refractivity contribution in [3.05, 3.63) is 77.9 Å². The Bertz CT molecular complexity index is 1460. The predicted octanol–water partition coefficient (Wildman–Crippen LogP) is 6.24. The molecule has 4 aromatic rings. The Kier molecular flexibility index (Phi) is 8.66. The second-order valence-corrected chi connectivity index (χ2v) is 9.04. The van der Waals surface area contributed by atoms with Gasteiger partial charge in [-0.05, 0) is 54.3 Å². The summed E-state index contributed by atoms with van der Waals surface area (Å²) in [5.41, 5.74) is 3.89. The first-order chi connectivity index (χ1) is 18.9. The molecule has 8 nitrogen and oxygen atoms in total. The van der Waals surface area contributed by atoms with E-state index in [-0.39, 0.29) is 5.56 Å². The number of nitrogens with zero attached hydrogens (tertiary/aromatic N) is 1. The number of hydrogen-bond acceptors (Lipinski definition) is 7. The Labute approximate surface area is 227 Å². The summed E-state index contributed by atoms with van der Waals surface area (Å²) in [7, 11) is 4.59. The third-order valence-electron chi connectivity index (χ3n) is 6.61. The molecule has 8 heteroatoms. The van der Waals surface area contributed by atoms with Crippen LogP contribution >= 0.6 is 0 Å². The second-order valence-electron chi connectivity index (χ2n) is 9.04. The van der Waals surface area contributed by atoms with E-state index in [9.17, 15) is 9.59 Å². The Morgan fingerprint density at radius 3 is 2.18 bits per heavy atom. The molecule has 0 aliphatic carbocycles. The molecule has 1 aromatic heterocycles. The van der Waals surface area contributed by atoms with Gasteiger partial charge in [0.2, 0.25) is 5.75 Å². The van der Waals surface area contributed by atoms with E-state index >= 15 is 0 Å². The highest BCUT2D eigenvalue weighted by molar-refractivity contribution is 6.05. The quantitative estimate of drug-likeness (QED) is 0.244. The van der Waals surface area contributed by atoms with Crippen molar-refractivity contribution in [2.24, 2.45) is 0 Å². The summed E-state index contributed by atoms with van der Waals surface area (Å²) in [6, 6.07) is 20.1. The molecule has 0 aliphatic heterocycles. The fourth-order valence-electron chi connectivity index (χ4n) is 4.26. The van der Waals surface area contributed by atoms with Crippen molar-refractivity contribution in [1.82, 2.24) is 4.98 Å². The van der Waals surface area contributed by atoms with Crippen LogP contribution in [0.1, 0.15) is 42.1 Å². The van der Waals surface area contributed by atoms with Crippen molar-refractivity contribution in [3.63, 3.8) is 0 Å². The number of fused-ring (bicyclic) bond motifs is 1. The molecule has 0 aliphatic rings. The fourth-order valence-corrected chi connectivity index (χ4v) is 4.26. The van der Waals surface area contributed by atoms with Crippen molar-refractivity contribution < 1.29 is 28.5 Å². The van der Waals surface area contributed by atoms with Gasteiger partial charge in [-0.1, -0.05) is 44.2 Å². The third-order valence-corrected chi connectivity index (χ3v) is 6.61. The van der Waals surface area contributed by atoms with Crippen LogP contribution in [0.15, 0.2) is 66.7 Å². The molecule has 39 heavy (non-hydrogen) atoms. The molecule has 1 amide bonds. The highest BCUT2D eigenvalue weighted by Gasteiger charge is 2.19.